The van der Waals surface area contributed by atoms with E-state index in [-0.39, 0.29) is 12.0 Å². The lowest BCUT2D eigenvalue weighted by molar-refractivity contribution is -0.122. The molecule has 0 bridgehead atoms. The van der Waals surface area contributed by atoms with Gasteiger partial charge in [0.15, 0.2) is 0 Å². The van der Waals surface area contributed by atoms with Crippen molar-refractivity contribution in [1.29, 1.82) is 0 Å². The molecular formula is C9H15ClN2O2. The van der Waals surface area contributed by atoms with Gasteiger partial charge in [-0.3, -0.25) is 4.79 Å². The minimum atomic E-state index is -0.0564. The molecule has 1 heterocycles. The molecule has 1 amide bonds. The van der Waals surface area contributed by atoms with Crippen molar-refractivity contribution in [3.8, 4) is 0 Å². The van der Waals surface area contributed by atoms with Gasteiger partial charge in [-0.15, -0.1) is 0 Å². The Morgan fingerprint density at radius 3 is 2.86 bits per heavy atom. The average molecular weight is 219 g/mol. The molecule has 1 rings (SSSR count). The van der Waals surface area contributed by atoms with Crippen LogP contribution in [0.15, 0.2) is 11.6 Å². The van der Waals surface area contributed by atoms with Crippen LogP contribution in [0.25, 0.3) is 0 Å². The van der Waals surface area contributed by atoms with Crippen molar-refractivity contribution in [3.63, 3.8) is 0 Å². The maximum absolute atomic E-state index is 11.1. The summed E-state index contributed by atoms with van der Waals surface area (Å²) in [4.78, 5) is 11.1. The Bertz CT molecular complexity index is 217. The Labute approximate surface area is 88.6 Å². The van der Waals surface area contributed by atoms with E-state index in [2.05, 4.69) is 17.2 Å². The van der Waals surface area contributed by atoms with Crippen LogP contribution in [0.2, 0.25) is 0 Å². The van der Waals surface area contributed by atoms with Gasteiger partial charge in [0.2, 0.25) is 5.91 Å². The van der Waals surface area contributed by atoms with Gasteiger partial charge in [-0.25, -0.2) is 0 Å². The van der Waals surface area contributed by atoms with E-state index in [4.69, 9.17) is 16.3 Å². The lowest BCUT2D eigenvalue weighted by Crippen LogP contribution is -2.48. The maximum atomic E-state index is 11.1. The van der Waals surface area contributed by atoms with E-state index < -0.39 is 0 Å². The van der Waals surface area contributed by atoms with Gasteiger partial charge in [0, 0.05) is 24.5 Å². The van der Waals surface area contributed by atoms with Crippen molar-refractivity contribution in [2.24, 2.45) is 0 Å². The Balaban J connectivity index is 1.94. The fourth-order valence-corrected chi connectivity index (χ4v) is 1.05. The molecule has 0 atom stereocenters. The summed E-state index contributed by atoms with van der Waals surface area (Å²) in [6, 6.07) is 0. The molecule has 0 aromatic heterocycles. The number of carbonyl (C=O) groups excluding carboxylic acids is 1. The summed E-state index contributed by atoms with van der Waals surface area (Å²) >= 11 is 5.49. The van der Waals surface area contributed by atoms with Crippen LogP contribution >= 0.6 is 11.6 Å². The number of rotatable bonds is 6. The maximum Gasteiger partial charge on any atom is 0.222 e. The SMILES string of the molecule is C=C(Cl)CNC(=O)CCOC1CNC1. The summed E-state index contributed by atoms with van der Waals surface area (Å²) in [6.45, 7) is 6.04. The zero-order valence-electron chi connectivity index (χ0n) is 8.01. The molecule has 1 aliphatic rings. The van der Waals surface area contributed by atoms with Crippen molar-refractivity contribution < 1.29 is 9.53 Å². The van der Waals surface area contributed by atoms with E-state index in [1.54, 1.807) is 0 Å². The number of nitrogens with one attached hydrogen (secondary N) is 2. The molecule has 0 radical (unpaired) electrons. The third-order valence-corrected chi connectivity index (χ3v) is 2.04. The lowest BCUT2D eigenvalue weighted by atomic mass is 10.2. The molecule has 0 unspecified atom stereocenters. The lowest BCUT2D eigenvalue weighted by Gasteiger charge is -2.26. The summed E-state index contributed by atoms with van der Waals surface area (Å²) < 4.78 is 5.38. The first-order chi connectivity index (χ1) is 6.68. The normalized spacial score (nSPS) is 16.1. The molecule has 1 fully saturated rings. The summed E-state index contributed by atoms with van der Waals surface area (Å²) in [5.74, 6) is -0.0564. The van der Waals surface area contributed by atoms with Gasteiger partial charge in [-0.2, -0.15) is 0 Å². The van der Waals surface area contributed by atoms with E-state index in [9.17, 15) is 4.79 Å². The average Bonchev–Trinajstić information content (AvgIpc) is 2.06. The molecule has 0 aromatic carbocycles. The molecule has 14 heavy (non-hydrogen) atoms. The van der Waals surface area contributed by atoms with Gasteiger partial charge in [-0.1, -0.05) is 18.2 Å². The van der Waals surface area contributed by atoms with Crippen molar-refractivity contribution in [2.75, 3.05) is 26.2 Å². The van der Waals surface area contributed by atoms with Crippen LogP contribution in [0, 0.1) is 0 Å². The molecule has 1 saturated heterocycles. The van der Waals surface area contributed by atoms with Gasteiger partial charge in [0.25, 0.3) is 0 Å². The van der Waals surface area contributed by atoms with Crippen LogP contribution in [0.1, 0.15) is 6.42 Å². The second-order valence-electron chi connectivity index (χ2n) is 3.20. The second kappa shape index (κ2) is 6.01. The summed E-state index contributed by atoms with van der Waals surface area (Å²) in [5, 5.41) is 6.14. The van der Waals surface area contributed by atoms with Crippen molar-refractivity contribution in [1.82, 2.24) is 10.6 Å². The van der Waals surface area contributed by atoms with Gasteiger partial charge < -0.3 is 15.4 Å². The number of ether oxygens (including phenoxy) is 1. The zero-order chi connectivity index (χ0) is 10.4. The molecule has 0 spiro atoms. The fourth-order valence-electron chi connectivity index (χ4n) is 0.981. The molecule has 1 aliphatic heterocycles. The van der Waals surface area contributed by atoms with Crippen LogP contribution in [-0.2, 0) is 9.53 Å². The summed E-state index contributed by atoms with van der Waals surface area (Å²) in [6.07, 6.45) is 0.659. The number of amides is 1. The smallest absolute Gasteiger partial charge is 0.222 e. The number of halogens is 1. The standard InChI is InChI=1S/C9H15ClN2O2/c1-7(10)4-12-9(13)2-3-14-8-5-11-6-8/h8,11H,1-6H2,(H,12,13). The first-order valence-corrected chi connectivity index (χ1v) is 4.98. The molecule has 0 aromatic rings. The van der Waals surface area contributed by atoms with Gasteiger partial charge in [0.1, 0.15) is 0 Å². The van der Waals surface area contributed by atoms with Crippen LogP contribution in [-0.4, -0.2) is 38.3 Å². The predicted octanol–water partition coefficient (Wildman–Crippen LogP) is 0.234. The van der Waals surface area contributed by atoms with Crippen LogP contribution in [0.5, 0.6) is 0 Å². The minimum Gasteiger partial charge on any atom is -0.375 e. The Morgan fingerprint density at radius 1 is 1.64 bits per heavy atom. The predicted molar refractivity (Wildman–Crippen MR) is 55.2 cm³/mol. The number of hydrogen-bond acceptors (Lipinski definition) is 3. The van der Waals surface area contributed by atoms with Crippen LogP contribution in [0.3, 0.4) is 0 Å². The highest BCUT2D eigenvalue weighted by molar-refractivity contribution is 6.29. The van der Waals surface area contributed by atoms with Crippen LogP contribution < -0.4 is 10.6 Å². The third-order valence-electron chi connectivity index (χ3n) is 1.90. The first-order valence-electron chi connectivity index (χ1n) is 4.61. The molecule has 0 saturated carbocycles. The minimum absolute atomic E-state index is 0.0564. The van der Waals surface area contributed by atoms with E-state index in [0.717, 1.165) is 13.1 Å². The largest absolute Gasteiger partial charge is 0.375 e. The summed E-state index contributed by atoms with van der Waals surface area (Å²) in [5.41, 5.74) is 0. The zero-order valence-corrected chi connectivity index (χ0v) is 8.77. The van der Waals surface area contributed by atoms with Gasteiger partial charge in [0.05, 0.1) is 19.3 Å². The second-order valence-corrected chi connectivity index (χ2v) is 3.73. The number of carbonyl (C=O) groups is 1. The fraction of sp³-hybridized carbons (Fsp3) is 0.667. The Morgan fingerprint density at radius 2 is 2.36 bits per heavy atom. The van der Waals surface area contributed by atoms with Crippen molar-refractivity contribution >= 4 is 17.5 Å². The highest BCUT2D eigenvalue weighted by Crippen LogP contribution is 1.99. The number of hydrogen-bond donors (Lipinski definition) is 2. The van der Waals surface area contributed by atoms with Gasteiger partial charge in [-0.05, 0) is 0 Å². The quantitative estimate of drug-likeness (QED) is 0.671. The molecule has 80 valence electrons. The topological polar surface area (TPSA) is 50.4 Å². The monoisotopic (exact) mass is 218 g/mol. The summed E-state index contributed by atoms with van der Waals surface area (Å²) in [7, 11) is 0. The van der Waals surface area contributed by atoms with Crippen LogP contribution in [0.4, 0.5) is 0 Å². The van der Waals surface area contributed by atoms with E-state index in [1.807, 2.05) is 0 Å². The van der Waals surface area contributed by atoms with Crippen molar-refractivity contribution in [2.45, 2.75) is 12.5 Å². The third kappa shape index (κ3) is 4.60. The molecule has 4 nitrogen and oxygen atoms in total. The van der Waals surface area contributed by atoms with E-state index >= 15 is 0 Å². The molecule has 0 aliphatic carbocycles. The van der Waals surface area contributed by atoms with E-state index in [0.29, 0.717) is 24.6 Å². The Kier molecular flexibility index (Phi) is 4.93. The molecule has 2 N–H and O–H groups in total. The molecular weight excluding hydrogens is 204 g/mol. The Hall–Kier alpha value is -0.580. The first kappa shape index (κ1) is 11.5. The highest BCUT2D eigenvalue weighted by atomic mass is 35.5. The van der Waals surface area contributed by atoms with Gasteiger partial charge >= 0.3 is 0 Å². The molecule has 5 heteroatoms. The van der Waals surface area contributed by atoms with Crippen molar-refractivity contribution in [3.05, 3.63) is 11.6 Å². The highest BCUT2D eigenvalue weighted by Gasteiger charge is 2.16. The van der Waals surface area contributed by atoms with E-state index in [1.165, 1.54) is 0 Å².